The number of aliphatic hydroxyl groups excluding tert-OH is 8. The fourth-order valence-corrected chi connectivity index (χ4v) is 15.6. The highest BCUT2D eigenvalue weighted by atomic mass is 16.8. The van der Waals surface area contributed by atoms with Gasteiger partial charge in [-0.15, -0.1) is 0 Å². The van der Waals surface area contributed by atoms with Crippen LogP contribution < -0.4 is 55.3 Å². The van der Waals surface area contributed by atoms with Crippen LogP contribution in [0.5, 0.6) is 23.0 Å². The Hall–Kier alpha value is -10.3. The number of Topliss-reactive ketones (excluding diaryl/α,β-unsaturated/α-hetero) is 1. The van der Waals surface area contributed by atoms with E-state index in [0.717, 1.165) is 13.1 Å². The van der Waals surface area contributed by atoms with Crippen LogP contribution in [0, 0.1) is 30.6 Å². The van der Waals surface area contributed by atoms with Crippen molar-refractivity contribution in [3.05, 3.63) is 107 Å². The molecule has 2 saturated carbocycles. The SMILES string of the molecule is CN[C@@H]1[C@H](O[C@H]2[C@H](O[C@H]3[C@H](O)[C@@H](O)[C@H](N=C(N)N)[C@@H](O)[C@@H]3N=C(N)N)O[C@@H](C)[C@]2(O)C=O)O[C@@H](CO)[C@H](O)[C@H]1O.CO[C@H]1/C=C/O[C@@]2(C)Oc3c(C)c(O)c4c(O)c(c(/C=N/N5CCN(C6CCCC6)CC5)c(O)c4c3C2=O)NC(=O)/C(C)=C\C=C\[C@H](C)[C@H](O)[C@@H](C)[C@@H](O)[C@@H](C)[C@H](OC(C)=O)[C@@H]1C.NC(=O)c1cnccn1.NNC(=O)c1ccncc1. The summed E-state index contributed by atoms with van der Waals surface area (Å²) in [6.07, 6.45) is -0.285. The van der Waals surface area contributed by atoms with Gasteiger partial charge < -0.3 is 138 Å². The number of anilines is 1. The first-order chi connectivity index (χ1) is 57.7. The quantitative estimate of drug-likeness (QED) is 0.00603. The number of phenols is 3. The molecule has 122 heavy (non-hydrogen) atoms. The third-order valence-electron chi connectivity index (χ3n) is 22.7. The van der Waals surface area contributed by atoms with Crippen molar-refractivity contribution in [2.75, 3.05) is 52.3 Å². The average molecular weight is 1720 g/mol. The minimum Gasteiger partial charge on any atom is -0.507 e. The number of aromatic nitrogens is 3. The number of hydrogen-bond acceptors (Lipinski definition) is 36. The summed E-state index contributed by atoms with van der Waals surface area (Å²) in [5, 5.41) is 144. The number of aromatic hydroxyl groups is 3. The summed E-state index contributed by atoms with van der Waals surface area (Å²) in [5.74, 6) is -5.28. The number of nitrogens with zero attached hydrogens (tertiary/aromatic N) is 8. The van der Waals surface area contributed by atoms with Crippen LogP contribution in [-0.4, -0.2) is 314 Å². The van der Waals surface area contributed by atoms with Crippen LogP contribution in [0.1, 0.15) is 123 Å². The van der Waals surface area contributed by atoms with Gasteiger partial charge in [0.25, 0.3) is 23.5 Å². The Balaban J connectivity index is 0.000000263. The predicted molar refractivity (Wildman–Crippen MR) is 436 cm³/mol. The zero-order valence-corrected chi connectivity index (χ0v) is 69.3. The lowest BCUT2D eigenvalue weighted by molar-refractivity contribution is -0.314. The number of phenolic OH excluding ortho intramolecular Hbond substituents is 3. The molecular weight excluding hydrogens is 1600 g/mol. The van der Waals surface area contributed by atoms with Gasteiger partial charge in [0.1, 0.15) is 90.0 Å². The summed E-state index contributed by atoms with van der Waals surface area (Å²) in [4.78, 5) is 95.0. The lowest BCUT2D eigenvalue weighted by Crippen LogP contribution is -2.66. The van der Waals surface area contributed by atoms with Crippen molar-refractivity contribution in [2.45, 2.75) is 215 Å². The number of aliphatic imine (C=N–C) groups is 2. The summed E-state index contributed by atoms with van der Waals surface area (Å²) < 4.78 is 46.7. The van der Waals surface area contributed by atoms with Gasteiger partial charge >= 0.3 is 11.8 Å². The van der Waals surface area contributed by atoms with Crippen molar-refractivity contribution in [3.63, 3.8) is 0 Å². The summed E-state index contributed by atoms with van der Waals surface area (Å²) in [7, 11) is 2.86. The molecule has 5 fully saturated rings. The fraction of sp³-hybridized carbons (Fsp3) is 0.570. The van der Waals surface area contributed by atoms with Crippen LogP contribution in [0.15, 0.2) is 94.3 Å². The molecule has 2 aliphatic carbocycles. The Morgan fingerprint density at radius 1 is 0.754 bits per heavy atom. The number of aldehydes is 1. The molecule has 24 atom stereocenters. The number of nitrogens with two attached hydrogens (primary N) is 6. The molecule has 12 rings (SSSR count). The standard InChI is InChI=1S/C47H64N4O12.C21H39N7O12.C6H7N3O.C5H5N3O/c1-24-13-12-14-25(2)46(59)49-37-32(23-48-51-20-18-50(19-21-51)31-15-10-11-16-31)41(56)34-35(42(37)57)40(55)29(6)44-36(34)45(58)47(8,63-44)61-22-17-33(60-9)26(3)43(62-30(7)52)28(5)39(54)27(4)38(24)53;1-5-21(36,4-30)16(40-17-9(26-2)13(34)10(31)6(3-29)38-17)18(37-5)39-15-8(28-20(24)25)11(32)7(27-19(22)23)12(33)14(15)35;7-9-6(10)5-1-3-8-4-2-5;6-5(9)4-3-7-1-2-8-4/h12-14,17,22-24,26-28,31,33,38-39,43,53-57H,10-11,15-16,18-21H2,1-9H3,(H,49,59);4-18,26,29,31-36H,3H2,1-2H3,(H4,22,23,27)(H4,24,25,28);1-4H,7H2,(H,9,10);1-3H,(H2,6,9)/b13-12+,22-17+,25-14-,48-23+;;;/t24-,26+,27+,28+,33-,38-,39+,43+,47-;5-,6-,7+,8-,9-,10-,11+,12-,13-,14+,15+,16-,17-,18-,21+;;/m00../s1. The third-order valence-corrected chi connectivity index (χ3v) is 22.7. The highest BCUT2D eigenvalue weighted by Gasteiger charge is 2.61. The first-order valence-electron chi connectivity index (χ1n) is 39.4. The number of methoxy groups -OCH3 is 1. The number of hydrogen-bond donors (Lipinski definition) is 21. The van der Waals surface area contributed by atoms with Gasteiger partial charge in [-0.1, -0.05) is 58.8 Å². The molecule has 43 nitrogen and oxygen atoms in total. The smallest absolute Gasteiger partial charge is 0.312 e. The number of fused-ring (bicyclic) bond motifs is 14. The van der Waals surface area contributed by atoms with Crippen molar-refractivity contribution < 1.29 is 128 Å². The maximum atomic E-state index is 14.5. The summed E-state index contributed by atoms with van der Waals surface area (Å²) >= 11 is 0. The van der Waals surface area contributed by atoms with E-state index in [0.29, 0.717) is 24.7 Å². The van der Waals surface area contributed by atoms with E-state index in [-0.39, 0.29) is 62.4 Å². The number of hydrazone groups is 1. The molecule has 6 aliphatic heterocycles. The number of primary amides is 1. The van der Waals surface area contributed by atoms with Gasteiger partial charge in [-0.25, -0.2) is 20.8 Å². The van der Waals surface area contributed by atoms with Crippen molar-refractivity contribution in [2.24, 2.45) is 73.3 Å². The lowest BCUT2D eigenvalue weighted by atomic mass is 9.78. The number of allylic oxidation sites excluding steroid dienone is 2. The second-order valence-electron chi connectivity index (χ2n) is 30.8. The molecule has 2 aromatic heterocycles. The largest absolute Gasteiger partial charge is 0.507 e. The maximum absolute atomic E-state index is 14.5. The number of rotatable bonds is 16. The number of nitrogen functional groups attached to an aromatic ring is 1. The van der Waals surface area contributed by atoms with Crippen LogP contribution in [0.25, 0.3) is 10.8 Å². The van der Waals surface area contributed by atoms with E-state index in [1.54, 1.807) is 52.0 Å². The molecule has 0 unspecified atom stereocenters. The van der Waals surface area contributed by atoms with E-state index < -0.39 is 204 Å². The number of benzene rings is 2. The maximum Gasteiger partial charge on any atom is 0.312 e. The number of guanidine groups is 2. The number of ether oxygens (including phenoxy) is 8. The molecule has 8 heterocycles. The number of nitrogens with one attached hydrogen (secondary N) is 3. The second kappa shape index (κ2) is 42.7. The first-order valence-corrected chi connectivity index (χ1v) is 39.4. The van der Waals surface area contributed by atoms with Crippen LogP contribution >= 0.6 is 0 Å². The second-order valence-corrected chi connectivity index (χ2v) is 30.8. The van der Waals surface area contributed by atoms with E-state index >= 15 is 0 Å². The van der Waals surface area contributed by atoms with Crippen LogP contribution in [-0.2, 0) is 47.5 Å². The van der Waals surface area contributed by atoms with Gasteiger partial charge in [0.05, 0.1) is 77.9 Å². The summed E-state index contributed by atoms with van der Waals surface area (Å²) in [6, 6.07) is -0.357. The van der Waals surface area contributed by atoms with Gasteiger partial charge in [0.2, 0.25) is 0 Å². The fourth-order valence-electron chi connectivity index (χ4n) is 15.6. The minimum atomic E-state index is -2.38. The van der Waals surface area contributed by atoms with Crippen LogP contribution in [0.2, 0.25) is 0 Å². The molecule has 672 valence electrons. The molecule has 2 aromatic carbocycles. The number of likely N-dealkylation sites (N-methyl/N-ethyl adjacent to an activating group) is 1. The zero-order valence-electron chi connectivity index (χ0n) is 69.3. The predicted octanol–water partition coefficient (Wildman–Crippen LogP) is -3.25. The molecule has 0 spiro atoms. The van der Waals surface area contributed by atoms with E-state index in [9.17, 15) is 90.0 Å². The summed E-state index contributed by atoms with van der Waals surface area (Å²) in [6.45, 7) is 16.0. The van der Waals surface area contributed by atoms with Crippen molar-refractivity contribution in [3.8, 4) is 23.0 Å². The number of carbonyl (C=O) groups excluding carboxylic acids is 6. The summed E-state index contributed by atoms with van der Waals surface area (Å²) in [5.41, 5.74) is 26.7. The zero-order chi connectivity index (χ0) is 90.3. The Morgan fingerprint density at radius 3 is 1.97 bits per heavy atom. The Kier molecular flexibility index (Phi) is 34.0. The number of pyridine rings is 1. The highest BCUT2D eigenvalue weighted by Crippen LogP contribution is 2.55. The molecule has 0 radical (unpaired) electrons. The topological polar surface area (TPSA) is 693 Å². The Bertz CT molecular complexity index is 4460. The monoisotopic (exact) mass is 1720 g/mol. The average Bonchev–Trinajstić information content (AvgIpc) is 1.50. The molecule has 27 N–H and O–H groups in total. The van der Waals surface area contributed by atoms with Gasteiger partial charge in [0.15, 0.2) is 42.1 Å². The first kappa shape index (κ1) is 97.2. The van der Waals surface area contributed by atoms with Gasteiger partial charge in [-0.3, -0.25) is 54.1 Å². The van der Waals surface area contributed by atoms with E-state index in [1.165, 1.54) is 130 Å². The van der Waals surface area contributed by atoms with Crippen LogP contribution in [0.3, 0.4) is 0 Å². The molecule has 3 saturated heterocycles. The number of amides is 3. The van der Waals surface area contributed by atoms with E-state index in [2.05, 4.69) is 45.6 Å². The Morgan fingerprint density at radius 2 is 1.40 bits per heavy atom. The van der Waals surface area contributed by atoms with Gasteiger partial charge in [0, 0.05) is 124 Å². The number of ketones is 1. The van der Waals surface area contributed by atoms with Crippen molar-refractivity contribution >= 4 is 70.4 Å². The van der Waals surface area contributed by atoms with Gasteiger partial charge in [-0.2, -0.15) is 5.10 Å². The van der Waals surface area contributed by atoms with E-state index in [4.69, 9.17) is 72.4 Å². The normalized spacial score (nSPS) is 33.6. The minimum absolute atomic E-state index is 0.0631. The number of esters is 1. The van der Waals surface area contributed by atoms with Crippen molar-refractivity contribution in [1.29, 1.82) is 0 Å². The molecular formula is C79H115N17O26. The Labute approximate surface area is 702 Å². The molecule has 8 aliphatic rings. The number of aliphatic hydroxyl groups is 9. The van der Waals surface area contributed by atoms with Crippen molar-refractivity contribution in [1.82, 2.24) is 35.6 Å². The number of hydrazine groups is 1. The molecule has 3 amide bonds. The molecule has 4 aromatic rings. The number of piperazine rings is 1. The third kappa shape index (κ3) is 22.0. The number of carbonyl (C=O) groups is 6. The highest BCUT2D eigenvalue weighted by molar-refractivity contribution is 6.24. The van der Waals surface area contributed by atoms with E-state index in [1.807, 2.05) is 10.4 Å². The lowest BCUT2D eigenvalue weighted by Gasteiger charge is -2.45. The molecule has 43 heteroatoms. The van der Waals surface area contributed by atoms with Crippen LogP contribution in [0.4, 0.5) is 5.69 Å². The van der Waals surface area contributed by atoms with Gasteiger partial charge in [-0.05, 0) is 58.9 Å². The molecule has 5 bridgehead atoms.